The second-order valence-corrected chi connectivity index (χ2v) is 4.01. The van der Waals surface area contributed by atoms with Crippen molar-refractivity contribution in [2.75, 3.05) is 11.9 Å². The van der Waals surface area contributed by atoms with E-state index in [1.807, 2.05) is 0 Å². The molecule has 0 unspecified atom stereocenters. The van der Waals surface area contributed by atoms with Gasteiger partial charge in [0.1, 0.15) is 0 Å². The van der Waals surface area contributed by atoms with E-state index in [2.05, 4.69) is 5.32 Å². The van der Waals surface area contributed by atoms with Gasteiger partial charge >= 0.3 is 5.97 Å². The van der Waals surface area contributed by atoms with Crippen LogP contribution in [0.4, 0.5) is 5.69 Å². The van der Waals surface area contributed by atoms with Gasteiger partial charge in [-0.25, -0.2) is 4.79 Å². The summed E-state index contributed by atoms with van der Waals surface area (Å²) in [6, 6.07) is 6.43. The molecule has 0 bridgehead atoms. The van der Waals surface area contributed by atoms with Crippen LogP contribution in [-0.2, 0) is 14.3 Å². The molecule has 0 aromatic heterocycles. The van der Waals surface area contributed by atoms with Crippen LogP contribution in [-0.4, -0.2) is 24.3 Å². The van der Waals surface area contributed by atoms with Crippen LogP contribution in [0.25, 0.3) is 0 Å². The molecule has 0 aliphatic heterocycles. The molecule has 1 aromatic carbocycles. The molecule has 106 valence electrons. The molecule has 1 N–H and O–H groups in total. The molecular formula is C15H17NO4. The second kappa shape index (κ2) is 7.89. The lowest BCUT2D eigenvalue weighted by Crippen LogP contribution is -2.13. The predicted molar refractivity (Wildman–Crippen MR) is 75.5 cm³/mol. The van der Waals surface area contributed by atoms with Crippen LogP contribution >= 0.6 is 0 Å². The number of carbonyl (C=O) groups excluding carboxylic acids is 3. The van der Waals surface area contributed by atoms with Crippen molar-refractivity contribution >= 4 is 23.3 Å². The lowest BCUT2D eigenvalue weighted by Gasteiger charge is -2.05. The van der Waals surface area contributed by atoms with E-state index in [9.17, 15) is 14.4 Å². The average Bonchev–Trinajstić information content (AvgIpc) is 2.45. The van der Waals surface area contributed by atoms with Crippen molar-refractivity contribution in [2.45, 2.75) is 20.3 Å². The van der Waals surface area contributed by atoms with Gasteiger partial charge in [-0.15, -0.1) is 0 Å². The Morgan fingerprint density at radius 1 is 1.20 bits per heavy atom. The summed E-state index contributed by atoms with van der Waals surface area (Å²) in [5.74, 6) is -0.937. The minimum atomic E-state index is -0.548. The Hall–Kier alpha value is -2.43. The molecule has 1 rings (SSSR count). The zero-order chi connectivity index (χ0) is 15.0. The summed E-state index contributed by atoms with van der Waals surface area (Å²) in [5, 5.41) is 2.68. The Bertz CT molecular complexity index is 517. The van der Waals surface area contributed by atoms with Gasteiger partial charge in [-0.3, -0.25) is 9.59 Å². The molecule has 1 amide bonds. The first kappa shape index (κ1) is 15.6. The Kier molecular flexibility index (Phi) is 6.16. The molecule has 1 aromatic rings. The highest BCUT2D eigenvalue weighted by molar-refractivity contribution is 5.99. The van der Waals surface area contributed by atoms with E-state index in [-0.39, 0.29) is 18.3 Å². The first-order valence-corrected chi connectivity index (χ1v) is 6.29. The standard InChI is InChI=1S/C15H17NO4/c1-3-5-15(19)20-10-13(17)11-6-8-12(9-7-11)16-14(18)4-2/h3,5-9H,4,10H2,1-2H3,(H,16,18)/b5-3+. The summed E-state index contributed by atoms with van der Waals surface area (Å²) in [6.45, 7) is 3.14. The fraction of sp³-hybridized carbons (Fsp3) is 0.267. The van der Waals surface area contributed by atoms with E-state index in [0.717, 1.165) is 0 Å². The molecule has 0 saturated carbocycles. The van der Waals surface area contributed by atoms with Crippen LogP contribution in [0, 0.1) is 0 Å². The number of benzene rings is 1. The van der Waals surface area contributed by atoms with E-state index in [1.165, 1.54) is 12.2 Å². The van der Waals surface area contributed by atoms with Crippen molar-refractivity contribution in [3.8, 4) is 0 Å². The number of ketones is 1. The van der Waals surface area contributed by atoms with Gasteiger partial charge in [0, 0.05) is 23.7 Å². The number of allylic oxidation sites excluding steroid dienone is 1. The molecule has 0 spiro atoms. The number of hydrogen-bond acceptors (Lipinski definition) is 4. The molecular weight excluding hydrogens is 258 g/mol. The van der Waals surface area contributed by atoms with Crippen LogP contribution in [0.15, 0.2) is 36.4 Å². The number of carbonyl (C=O) groups is 3. The van der Waals surface area contributed by atoms with E-state index in [0.29, 0.717) is 17.7 Å². The highest BCUT2D eigenvalue weighted by atomic mass is 16.5. The zero-order valence-corrected chi connectivity index (χ0v) is 11.5. The van der Waals surface area contributed by atoms with Gasteiger partial charge in [0.2, 0.25) is 5.91 Å². The van der Waals surface area contributed by atoms with Gasteiger partial charge in [-0.1, -0.05) is 13.0 Å². The summed E-state index contributed by atoms with van der Waals surface area (Å²) in [4.78, 5) is 34.0. The molecule has 5 nitrogen and oxygen atoms in total. The third-order valence-electron chi connectivity index (χ3n) is 2.46. The largest absolute Gasteiger partial charge is 0.454 e. The monoisotopic (exact) mass is 275 g/mol. The molecule has 0 aliphatic rings. The highest BCUT2D eigenvalue weighted by Gasteiger charge is 2.08. The second-order valence-electron chi connectivity index (χ2n) is 4.01. The van der Waals surface area contributed by atoms with Gasteiger partial charge in [-0.2, -0.15) is 0 Å². The van der Waals surface area contributed by atoms with Crippen molar-refractivity contribution in [1.82, 2.24) is 0 Å². The van der Waals surface area contributed by atoms with Crippen LogP contribution in [0.2, 0.25) is 0 Å². The summed E-state index contributed by atoms with van der Waals surface area (Å²) in [5.41, 5.74) is 1.05. The molecule has 0 radical (unpaired) electrons. The summed E-state index contributed by atoms with van der Waals surface area (Å²) in [6.07, 6.45) is 3.18. The van der Waals surface area contributed by atoms with Gasteiger partial charge in [-0.05, 0) is 31.2 Å². The normalized spacial score (nSPS) is 10.3. The van der Waals surface area contributed by atoms with E-state index in [1.54, 1.807) is 38.1 Å². The topological polar surface area (TPSA) is 72.5 Å². The molecule has 5 heteroatoms. The van der Waals surface area contributed by atoms with Crippen LogP contribution in [0.3, 0.4) is 0 Å². The van der Waals surface area contributed by atoms with Crippen molar-refractivity contribution in [1.29, 1.82) is 0 Å². The third kappa shape index (κ3) is 5.06. The highest BCUT2D eigenvalue weighted by Crippen LogP contribution is 2.10. The van der Waals surface area contributed by atoms with Gasteiger partial charge in [0.05, 0.1) is 0 Å². The Morgan fingerprint density at radius 2 is 1.85 bits per heavy atom. The summed E-state index contributed by atoms with van der Waals surface area (Å²) in [7, 11) is 0. The van der Waals surface area contributed by atoms with Crippen molar-refractivity contribution in [3.05, 3.63) is 42.0 Å². The van der Waals surface area contributed by atoms with Crippen molar-refractivity contribution < 1.29 is 19.1 Å². The Labute approximate surface area is 117 Å². The minimum Gasteiger partial charge on any atom is -0.454 e. The van der Waals surface area contributed by atoms with Crippen LogP contribution in [0.1, 0.15) is 30.6 Å². The fourth-order valence-corrected chi connectivity index (χ4v) is 1.39. The summed E-state index contributed by atoms with van der Waals surface area (Å²) < 4.78 is 4.77. The molecule has 20 heavy (non-hydrogen) atoms. The third-order valence-corrected chi connectivity index (χ3v) is 2.46. The van der Waals surface area contributed by atoms with Crippen molar-refractivity contribution in [2.24, 2.45) is 0 Å². The smallest absolute Gasteiger partial charge is 0.330 e. The first-order valence-electron chi connectivity index (χ1n) is 6.29. The molecule has 0 atom stereocenters. The molecule has 0 fully saturated rings. The number of esters is 1. The van der Waals surface area contributed by atoms with Crippen LogP contribution in [0.5, 0.6) is 0 Å². The molecule has 0 heterocycles. The number of anilines is 1. The number of nitrogens with one attached hydrogen (secondary N) is 1. The van der Waals surface area contributed by atoms with Crippen molar-refractivity contribution in [3.63, 3.8) is 0 Å². The number of rotatable bonds is 6. The quantitative estimate of drug-likeness (QED) is 0.491. The Morgan fingerprint density at radius 3 is 2.40 bits per heavy atom. The maximum Gasteiger partial charge on any atom is 0.330 e. The lowest BCUT2D eigenvalue weighted by atomic mass is 10.1. The predicted octanol–water partition coefficient (Wildman–Crippen LogP) is 2.34. The average molecular weight is 275 g/mol. The zero-order valence-electron chi connectivity index (χ0n) is 11.5. The summed E-state index contributed by atoms with van der Waals surface area (Å²) >= 11 is 0. The maximum atomic E-state index is 11.8. The van der Waals surface area contributed by atoms with E-state index in [4.69, 9.17) is 4.74 Å². The van der Waals surface area contributed by atoms with Gasteiger partial charge in [0.15, 0.2) is 12.4 Å². The lowest BCUT2D eigenvalue weighted by molar-refractivity contribution is -0.136. The van der Waals surface area contributed by atoms with Gasteiger partial charge < -0.3 is 10.1 Å². The number of hydrogen-bond donors (Lipinski definition) is 1. The van der Waals surface area contributed by atoms with Crippen LogP contribution < -0.4 is 5.32 Å². The molecule has 0 saturated heterocycles. The SMILES string of the molecule is C/C=C/C(=O)OCC(=O)c1ccc(NC(=O)CC)cc1. The number of Topliss-reactive ketones (excluding diaryl/α,β-unsaturated/α-hetero) is 1. The molecule has 0 aliphatic carbocycles. The first-order chi connectivity index (χ1) is 9.56. The number of ether oxygens (including phenoxy) is 1. The maximum absolute atomic E-state index is 11.8. The van der Waals surface area contributed by atoms with E-state index < -0.39 is 5.97 Å². The van der Waals surface area contributed by atoms with Gasteiger partial charge in [0.25, 0.3) is 0 Å². The number of amides is 1. The minimum absolute atomic E-state index is 0.0932. The van der Waals surface area contributed by atoms with E-state index >= 15 is 0 Å². The fourth-order valence-electron chi connectivity index (χ4n) is 1.39. The Balaban J connectivity index is 2.57.